The Morgan fingerprint density at radius 1 is 0.818 bits per heavy atom. The van der Waals surface area contributed by atoms with E-state index in [9.17, 15) is 9.59 Å². The van der Waals surface area contributed by atoms with E-state index in [4.69, 9.17) is 0 Å². The summed E-state index contributed by atoms with van der Waals surface area (Å²) in [5.74, 6) is -0.439. The predicted molar refractivity (Wildman–Crippen MR) is 92.4 cm³/mol. The molecule has 0 spiro atoms. The summed E-state index contributed by atoms with van der Waals surface area (Å²) in [6.45, 7) is 2.26. The summed E-state index contributed by atoms with van der Waals surface area (Å²) >= 11 is 0. The third-order valence-corrected chi connectivity index (χ3v) is 4.16. The summed E-state index contributed by atoms with van der Waals surface area (Å²) in [6, 6.07) is 7.43. The van der Waals surface area contributed by atoms with Crippen LogP contribution >= 0.6 is 0 Å². The van der Waals surface area contributed by atoms with Gasteiger partial charge in [-0.2, -0.15) is 0 Å². The lowest BCUT2D eigenvalue weighted by Gasteiger charge is -2.04. The number of Topliss-reactive ketones (excluding diaryl/α,β-unsaturated/α-hetero) is 1. The standard InChI is InChI=1S/C20H30O2/c1-2-3-4-5-6-7-8-9-10-11-12-18-13-15-19(16-14-18)20(22)17-21/h13-17H,2-12H2,1H3. The van der Waals surface area contributed by atoms with Crippen LogP contribution in [0.1, 0.15) is 87.1 Å². The predicted octanol–water partition coefficient (Wildman–Crippen LogP) is 5.53. The number of rotatable bonds is 13. The van der Waals surface area contributed by atoms with Crippen molar-refractivity contribution in [3.05, 3.63) is 35.4 Å². The Labute approximate surface area is 135 Å². The summed E-state index contributed by atoms with van der Waals surface area (Å²) in [7, 11) is 0. The summed E-state index contributed by atoms with van der Waals surface area (Å²) < 4.78 is 0. The van der Waals surface area contributed by atoms with Gasteiger partial charge >= 0.3 is 0 Å². The van der Waals surface area contributed by atoms with E-state index in [2.05, 4.69) is 6.92 Å². The zero-order valence-corrected chi connectivity index (χ0v) is 14.0. The smallest absolute Gasteiger partial charge is 0.225 e. The van der Waals surface area contributed by atoms with Gasteiger partial charge < -0.3 is 0 Å². The lowest BCUT2D eigenvalue weighted by Crippen LogP contribution is -1.99. The van der Waals surface area contributed by atoms with Crippen molar-refractivity contribution in [3.63, 3.8) is 0 Å². The normalized spacial score (nSPS) is 10.6. The molecule has 0 N–H and O–H groups in total. The van der Waals surface area contributed by atoms with Crippen LogP contribution < -0.4 is 0 Å². The summed E-state index contributed by atoms with van der Waals surface area (Å²) in [5.41, 5.74) is 1.74. The molecule has 0 radical (unpaired) electrons. The lowest BCUT2D eigenvalue weighted by molar-refractivity contribution is -0.104. The van der Waals surface area contributed by atoms with E-state index < -0.39 is 5.78 Å². The molecule has 0 amide bonds. The first-order valence-electron chi connectivity index (χ1n) is 8.86. The average molecular weight is 302 g/mol. The molecule has 0 aliphatic heterocycles. The average Bonchev–Trinajstić information content (AvgIpc) is 2.56. The molecule has 1 aromatic carbocycles. The fourth-order valence-electron chi connectivity index (χ4n) is 2.72. The zero-order valence-electron chi connectivity index (χ0n) is 14.0. The van der Waals surface area contributed by atoms with Crippen LogP contribution in [0.25, 0.3) is 0 Å². The van der Waals surface area contributed by atoms with Crippen molar-refractivity contribution >= 4 is 12.1 Å². The first-order valence-corrected chi connectivity index (χ1v) is 8.86. The van der Waals surface area contributed by atoms with Crippen molar-refractivity contribution in [1.29, 1.82) is 0 Å². The molecule has 2 nitrogen and oxygen atoms in total. The van der Waals surface area contributed by atoms with Gasteiger partial charge in [0.15, 0.2) is 6.29 Å². The van der Waals surface area contributed by atoms with E-state index >= 15 is 0 Å². The number of hydrogen-bond donors (Lipinski definition) is 0. The molecule has 1 aromatic rings. The highest BCUT2D eigenvalue weighted by Crippen LogP contribution is 2.13. The summed E-state index contributed by atoms with van der Waals surface area (Å²) in [6.07, 6.45) is 14.9. The Kier molecular flexibility index (Phi) is 10.3. The van der Waals surface area contributed by atoms with E-state index in [1.54, 1.807) is 12.1 Å². The van der Waals surface area contributed by atoms with Crippen LogP contribution in [0.2, 0.25) is 0 Å². The SMILES string of the molecule is CCCCCCCCCCCCc1ccc(C(=O)C=O)cc1. The summed E-state index contributed by atoms with van der Waals surface area (Å²) in [4.78, 5) is 21.6. The van der Waals surface area contributed by atoms with Crippen molar-refractivity contribution in [1.82, 2.24) is 0 Å². The molecule has 1 rings (SSSR count). The number of carbonyl (C=O) groups excluding carboxylic acids is 2. The molecule has 0 unspecified atom stereocenters. The molecular formula is C20H30O2. The molecule has 0 aliphatic carbocycles. The van der Waals surface area contributed by atoms with E-state index in [0.717, 1.165) is 6.42 Å². The number of carbonyl (C=O) groups is 2. The van der Waals surface area contributed by atoms with Crippen LogP contribution in [0.5, 0.6) is 0 Å². The molecule has 0 atom stereocenters. The molecule has 0 aromatic heterocycles. The monoisotopic (exact) mass is 302 g/mol. The number of aldehydes is 1. The second-order valence-corrected chi connectivity index (χ2v) is 6.11. The van der Waals surface area contributed by atoms with Crippen molar-refractivity contribution < 1.29 is 9.59 Å². The van der Waals surface area contributed by atoms with Crippen LogP contribution in [0.15, 0.2) is 24.3 Å². The molecule has 0 aliphatic rings. The molecule has 122 valence electrons. The van der Waals surface area contributed by atoms with Gasteiger partial charge in [0, 0.05) is 5.56 Å². The highest BCUT2D eigenvalue weighted by atomic mass is 16.2. The van der Waals surface area contributed by atoms with Gasteiger partial charge in [-0.25, -0.2) is 0 Å². The zero-order chi connectivity index (χ0) is 16.0. The minimum atomic E-state index is -0.439. The highest BCUT2D eigenvalue weighted by molar-refractivity contribution is 6.33. The summed E-state index contributed by atoms with van der Waals surface area (Å²) in [5, 5.41) is 0. The van der Waals surface area contributed by atoms with Crippen LogP contribution in [0.3, 0.4) is 0 Å². The van der Waals surface area contributed by atoms with Gasteiger partial charge in [0.1, 0.15) is 0 Å². The van der Waals surface area contributed by atoms with Crippen molar-refractivity contribution in [2.45, 2.75) is 77.6 Å². The van der Waals surface area contributed by atoms with Crippen molar-refractivity contribution in [3.8, 4) is 0 Å². The fourth-order valence-corrected chi connectivity index (χ4v) is 2.72. The number of unbranched alkanes of at least 4 members (excludes halogenated alkanes) is 9. The van der Waals surface area contributed by atoms with Gasteiger partial charge in [0.2, 0.25) is 5.78 Å². The molecule has 0 fully saturated rings. The van der Waals surface area contributed by atoms with E-state index in [0.29, 0.717) is 11.8 Å². The molecule has 0 saturated carbocycles. The minimum Gasteiger partial charge on any atom is -0.294 e. The molecule has 2 heteroatoms. The Bertz CT molecular complexity index is 420. The molecule has 0 heterocycles. The van der Waals surface area contributed by atoms with Gasteiger partial charge in [-0.05, 0) is 18.4 Å². The Morgan fingerprint density at radius 2 is 1.32 bits per heavy atom. The number of aryl methyl sites for hydroxylation is 1. The van der Waals surface area contributed by atoms with Crippen LogP contribution in [0, 0.1) is 0 Å². The Hall–Kier alpha value is -1.44. The highest BCUT2D eigenvalue weighted by Gasteiger charge is 2.03. The maximum Gasteiger partial charge on any atom is 0.225 e. The van der Waals surface area contributed by atoms with E-state index in [1.165, 1.54) is 69.8 Å². The maximum atomic E-state index is 11.2. The first kappa shape index (κ1) is 18.6. The van der Waals surface area contributed by atoms with Gasteiger partial charge in [0.25, 0.3) is 0 Å². The quantitative estimate of drug-likeness (QED) is 0.208. The fraction of sp³-hybridized carbons (Fsp3) is 0.600. The third-order valence-electron chi connectivity index (χ3n) is 4.16. The largest absolute Gasteiger partial charge is 0.294 e. The van der Waals surface area contributed by atoms with Crippen LogP contribution in [-0.2, 0) is 11.2 Å². The second-order valence-electron chi connectivity index (χ2n) is 6.11. The molecule has 0 bridgehead atoms. The van der Waals surface area contributed by atoms with E-state index in [-0.39, 0.29) is 0 Å². The third kappa shape index (κ3) is 8.11. The lowest BCUT2D eigenvalue weighted by atomic mass is 10.0. The number of benzene rings is 1. The van der Waals surface area contributed by atoms with Crippen molar-refractivity contribution in [2.24, 2.45) is 0 Å². The van der Waals surface area contributed by atoms with Crippen LogP contribution in [0.4, 0.5) is 0 Å². The van der Waals surface area contributed by atoms with Gasteiger partial charge in [-0.15, -0.1) is 0 Å². The number of hydrogen-bond acceptors (Lipinski definition) is 2. The molecule has 0 saturated heterocycles. The van der Waals surface area contributed by atoms with Gasteiger partial charge in [-0.3, -0.25) is 9.59 Å². The van der Waals surface area contributed by atoms with Crippen molar-refractivity contribution in [2.75, 3.05) is 0 Å². The number of ketones is 1. The van der Waals surface area contributed by atoms with Crippen LogP contribution in [-0.4, -0.2) is 12.1 Å². The maximum absolute atomic E-state index is 11.2. The second kappa shape index (κ2) is 12.1. The van der Waals surface area contributed by atoms with Gasteiger partial charge in [0.05, 0.1) is 0 Å². The Morgan fingerprint density at radius 3 is 1.82 bits per heavy atom. The van der Waals surface area contributed by atoms with Gasteiger partial charge in [-0.1, -0.05) is 89.0 Å². The first-order chi connectivity index (χ1) is 10.8. The molecule has 22 heavy (non-hydrogen) atoms. The van der Waals surface area contributed by atoms with E-state index in [1.807, 2.05) is 12.1 Å². The topological polar surface area (TPSA) is 34.1 Å². The molecular weight excluding hydrogens is 272 g/mol. The Balaban J connectivity index is 2.03. The minimum absolute atomic E-state index is 0.372.